The maximum Gasteiger partial charge on any atom is 0.319 e. The van der Waals surface area contributed by atoms with Crippen LogP contribution in [0.25, 0.3) is 0 Å². The number of hydrogen-bond donors (Lipinski definition) is 2. The molecule has 0 bridgehead atoms. The van der Waals surface area contributed by atoms with Crippen LogP contribution in [0.1, 0.15) is 24.5 Å². The Morgan fingerprint density at radius 1 is 1.28 bits per heavy atom. The SMILES string of the molecule is CC(N)=O.Cc1ccc2c(c1)CCCN2C(N)=O. The van der Waals surface area contributed by atoms with Crippen molar-refractivity contribution in [1.29, 1.82) is 0 Å². The number of aryl methyl sites for hydroxylation is 2. The molecule has 4 N–H and O–H groups in total. The lowest BCUT2D eigenvalue weighted by Crippen LogP contribution is -2.39. The molecule has 0 unspecified atom stereocenters. The van der Waals surface area contributed by atoms with E-state index in [0.717, 1.165) is 25.1 Å². The number of nitrogens with two attached hydrogens (primary N) is 2. The van der Waals surface area contributed by atoms with Crippen LogP contribution in [0.4, 0.5) is 10.5 Å². The van der Waals surface area contributed by atoms with Crippen LogP contribution in [-0.4, -0.2) is 18.5 Å². The number of primary amides is 2. The second-order valence-corrected chi connectivity index (χ2v) is 4.34. The summed E-state index contributed by atoms with van der Waals surface area (Å²) in [5.41, 5.74) is 13.2. The molecule has 0 saturated heterocycles. The molecular weight excluding hydrogens is 230 g/mol. The van der Waals surface area contributed by atoms with Gasteiger partial charge in [0.25, 0.3) is 0 Å². The number of carbonyl (C=O) groups excluding carboxylic acids is 2. The fraction of sp³-hybridized carbons (Fsp3) is 0.385. The predicted molar refractivity (Wildman–Crippen MR) is 71.3 cm³/mol. The summed E-state index contributed by atoms with van der Waals surface area (Å²) in [7, 11) is 0. The number of fused-ring (bicyclic) bond motifs is 1. The fourth-order valence-corrected chi connectivity index (χ4v) is 1.95. The Morgan fingerprint density at radius 2 is 1.89 bits per heavy atom. The summed E-state index contributed by atoms with van der Waals surface area (Å²) in [6.07, 6.45) is 2.04. The van der Waals surface area contributed by atoms with E-state index in [1.807, 2.05) is 12.1 Å². The highest BCUT2D eigenvalue weighted by atomic mass is 16.2. The van der Waals surface area contributed by atoms with Crippen molar-refractivity contribution in [2.24, 2.45) is 11.5 Å². The van der Waals surface area contributed by atoms with Crippen molar-refractivity contribution in [2.75, 3.05) is 11.4 Å². The molecule has 1 heterocycles. The van der Waals surface area contributed by atoms with Crippen LogP contribution < -0.4 is 16.4 Å². The van der Waals surface area contributed by atoms with E-state index in [2.05, 4.69) is 18.7 Å². The van der Waals surface area contributed by atoms with E-state index in [-0.39, 0.29) is 11.9 Å². The Balaban J connectivity index is 0.000000357. The van der Waals surface area contributed by atoms with Crippen molar-refractivity contribution in [3.05, 3.63) is 29.3 Å². The number of anilines is 1. The van der Waals surface area contributed by atoms with Gasteiger partial charge in [-0.1, -0.05) is 17.7 Å². The molecule has 2 rings (SSSR count). The van der Waals surface area contributed by atoms with Crippen molar-refractivity contribution < 1.29 is 9.59 Å². The summed E-state index contributed by atoms with van der Waals surface area (Å²) in [5.74, 6) is -0.333. The molecule has 5 nitrogen and oxygen atoms in total. The molecule has 1 aliphatic heterocycles. The largest absolute Gasteiger partial charge is 0.370 e. The third-order valence-electron chi connectivity index (χ3n) is 2.62. The van der Waals surface area contributed by atoms with Crippen LogP contribution in [0.2, 0.25) is 0 Å². The lowest BCUT2D eigenvalue weighted by molar-refractivity contribution is -0.115. The van der Waals surface area contributed by atoms with Crippen LogP contribution in [-0.2, 0) is 11.2 Å². The smallest absolute Gasteiger partial charge is 0.319 e. The number of rotatable bonds is 0. The standard InChI is InChI=1S/C11H14N2O.C2H5NO/c1-8-4-5-10-9(7-8)3-2-6-13(10)11(12)14;1-2(3)4/h4-5,7H,2-3,6H2,1H3,(H2,12,14);1H3,(H2,3,4). The lowest BCUT2D eigenvalue weighted by atomic mass is 10.00. The number of nitrogens with zero attached hydrogens (tertiary/aromatic N) is 1. The maximum absolute atomic E-state index is 11.2. The Bertz CT molecular complexity index is 454. The highest BCUT2D eigenvalue weighted by molar-refractivity contribution is 5.92. The highest BCUT2D eigenvalue weighted by Crippen LogP contribution is 2.27. The van der Waals surface area contributed by atoms with Crippen LogP contribution >= 0.6 is 0 Å². The maximum atomic E-state index is 11.2. The summed E-state index contributed by atoms with van der Waals surface area (Å²) in [5, 5.41) is 0. The van der Waals surface area contributed by atoms with Crippen LogP contribution in [0, 0.1) is 6.92 Å². The third kappa shape index (κ3) is 3.76. The normalized spacial score (nSPS) is 13.1. The van der Waals surface area contributed by atoms with Gasteiger partial charge in [-0.2, -0.15) is 0 Å². The highest BCUT2D eigenvalue weighted by Gasteiger charge is 2.19. The molecule has 18 heavy (non-hydrogen) atoms. The minimum Gasteiger partial charge on any atom is -0.370 e. The summed E-state index contributed by atoms with van der Waals surface area (Å²) in [6, 6.07) is 5.77. The van der Waals surface area contributed by atoms with Gasteiger partial charge in [-0.25, -0.2) is 4.79 Å². The summed E-state index contributed by atoms with van der Waals surface area (Å²) in [6.45, 7) is 4.11. The number of benzene rings is 1. The van der Waals surface area contributed by atoms with Gasteiger partial charge in [0.1, 0.15) is 0 Å². The number of amides is 3. The fourth-order valence-electron chi connectivity index (χ4n) is 1.95. The average molecular weight is 249 g/mol. The first-order valence-corrected chi connectivity index (χ1v) is 5.84. The first-order chi connectivity index (χ1) is 8.41. The van der Waals surface area contributed by atoms with Crippen molar-refractivity contribution in [3.63, 3.8) is 0 Å². The number of urea groups is 1. The monoisotopic (exact) mass is 249 g/mol. The molecule has 98 valence electrons. The molecule has 0 aromatic heterocycles. The van der Waals surface area contributed by atoms with E-state index < -0.39 is 0 Å². The molecule has 1 aromatic carbocycles. The predicted octanol–water partition coefficient (Wildman–Crippen LogP) is 1.32. The van der Waals surface area contributed by atoms with E-state index in [1.165, 1.54) is 18.1 Å². The van der Waals surface area contributed by atoms with E-state index in [1.54, 1.807) is 4.90 Å². The van der Waals surface area contributed by atoms with Gasteiger partial charge in [0.2, 0.25) is 5.91 Å². The van der Waals surface area contributed by atoms with Crippen LogP contribution in [0.3, 0.4) is 0 Å². The summed E-state index contributed by atoms with van der Waals surface area (Å²) < 4.78 is 0. The van der Waals surface area contributed by atoms with Crippen molar-refractivity contribution in [3.8, 4) is 0 Å². The van der Waals surface area contributed by atoms with Crippen molar-refractivity contribution in [1.82, 2.24) is 0 Å². The minimum absolute atomic E-state index is 0.333. The summed E-state index contributed by atoms with van der Waals surface area (Å²) >= 11 is 0. The van der Waals surface area contributed by atoms with Crippen LogP contribution in [0.15, 0.2) is 18.2 Å². The zero-order valence-electron chi connectivity index (χ0n) is 10.8. The molecule has 0 atom stereocenters. The second kappa shape index (κ2) is 6.05. The van der Waals surface area contributed by atoms with Crippen LogP contribution in [0.5, 0.6) is 0 Å². The topological polar surface area (TPSA) is 89.4 Å². The molecule has 0 aliphatic carbocycles. The van der Waals surface area contributed by atoms with Crippen molar-refractivity contribution >= 4 is 17.6 Å². The Morgan fingerprint density at radius 3 is 2.44 bits per heavy atom. The van der Waals surface area contributed by atoms with Gasteiger partial charge < -0.3 is 11.5 Å². The first-order valence-electron chi connectivity index (χ1n) is 5.84. The zero-order valence-corrected chi connectivity index (χ0v) is 10.8. The average Bonchev–Trinajstić information content (AvgIpc) is 2.26. The molecule has 1 aromatic rings. The molecule has 0 spiro atoms. The summed E-state index contributed by atoms with van der Waals surface area (Å²) in [4.78, 5) is 22.0. The van der Waals surface area contributed by atoms with Gasteiger partial charge in [-0.15, -0.1) is 0 Å². The molecule has 5 heteroatoms. The third-order valence-corrected chi connectivity index (χ3v) is 2.62. The first kappa shape index (κ1) is 14.0. The Labute approximate surface area is 107 Å². The van der Waals surface area contributed by atoms with E-state index >= 15 is 0 Å². The van der Waals surface area contributed by atoms with Gasteiger partial charge in [0.05, 0.1) is 0 Å². The number of hydrogen-bond acceptors (Lipinski definition) is 2. The Hall–Kier alpha value is -2.04. The van der Waals surface area contributed by atoms with E-state index in [0.29, 0.717) is 0 Å². The molecule has 0 fully saturated rings. The minimum atomic E-state index is -0.352. The van der Waals surface area contributed by atoms with E-state index in [9.17, 15) is 9.59 Å². The van der Waals surface area contributed by atoms with Gasteiger partial charge in [0.15, 0.2) is 0 Å². The molecule has 0 saturated carbocycles. The molecular formula is C13H19N3O2. The molecule has 1 aliphatic rings. The number of carbonyl (C=O) groups is 2. The molecule has 0 radical (unpaired) electrons. The van der Waals surface area contributed by atoms with E-state index in [4.69, 9.17) is 5.73 Å². The second-order valence-electron chi connectivity index (χ2n) is 4.34. The van der Waals surface area contributed by atoms with Gasteiger partial charge in [-0.05, 0) is 31.4 Å². The zero-order chi connectivity index (χ0) is 13.7. The van der Waals surface area contributed by atoms with Gasteiger partial charge >= 0.3 is 6.03 Å². The lowest BCUT2D eigenvalue weighted by Gasteiger charge is -2.28. The van der Waals surface area contributed by atoms with Gasteiger partial charge in [0, 0.05) is 19.2 Å². The Kier molecular flexibility index (Phi) is 4.71. The van der Waals surface area contributed by atoms with Gasteiger partial charge in [-0.3, -0.25) is 9.69 Å². The quantitative estimate of drug-likeness (QED) is 0.726. The molecule has 3 amide bonds. The van der Waals surface area contributed by atoms with Crippen molar-refractivity contribution in [2.45, 2.75) is 26.7 Å².